The first-order chi connectivity index (χ1) is 9.18. The van der Waals surface area contributed by atoms with Crippen LogP contribution in [0.3, 0.4) is 0 Å². The van der Waals surface area contributed by atoms with Gasteiger partial charge in [0.25, 0.3) is 0 Å². The first-order valence-electron chi connectivity index (χ1n) is 6.50. The zero-order valence-corrected chi connectivity index (χ0v) is 11.3. The van der Waals surface area contributed by atoms with E-state index in [0.717, 1.165) is 22.3 Å². The molecule has 0 fully saturated rings. The minimum absolute atomic E-state index is 0.224. The molecule has 0 unspecified atom stereocenters. The molecule has 0 saturated heterocycles. The second-order valence-electron chi connectivity index (χ2n) is 4.28. The first kappa shape index (κ1) is 13.2. The van der Waals surface area contributed by atoms with Crippen molar-refractivity contribution in [1.82, 2.24) is 0 Å². The summed E-state index contributed by atoms with van der Waals surface area (Å²) in [7, 11) is 0. The van der Waals surface area contributed by atoms with Crippen LogP contribution in [-0.4, -0.2) is 10.2 Å². The maximum Gasteiger partial charge on any atom is 0.123 e. The molecule has 0 heterocycles. The summed E-state index contributed by atoms with van der Waals surface area (Å²) in [6.45, 7) is 8.00. The van der Waals surface area contributed by atoms with E-state index >= 15 is 0 Å². The number of benzene rings is 2. The van der Waals surface area contributed by atoms with Crippen LogP contribution >= 0.6 is 0 Å². The molecule has 2 nitrogen and oxygen atoms in total. The van der Waals surface area contributed by atoms with Crippen LogP contribution in [0.2, 0.25) is 0 Å². The molecule has 0 amide bonds. The third kappa shape index (κ3) is 2.10. The fraction of sp³-hybridized carbons (Fsp3) is 0.176. The summed E-state index contributed by atoms with van der Waals surface area (Å²) in [5.41, 5.74) is 4.29. The highest BCUT2D eigenvalue weighted by Gasteiger charge is 2.23. The Labute approximate surface area is 113 Å². The zero-order chi connectivity index (χ0) is 14.0. The van der Waals surface area contributed by atoms with Crippen LogP contribution in [0.15, 0.2) is 43.0 Å². The number of rotatable bonds is 0. The van der Waals surface area contributed by atoms with Gasteiger partial charge in [-0.2, -0.15) is 0 Å². The predicted octanol–water partition coefficient (Wildman–Crippen LogP) is 4.09. The lowest BCUT2D eigenvalue weighted by Gasteiger charge is -2.23. The van der Waals surface area contributed by atoms with Crippen molar-refractivity contribution in [1.29, 1.82) is 0 Å². The highest BCUT2D eigenvalue weighted by Crippen LogP contribution is 2.42. The zero-order valence-electron chi connectivity index (χ0n) is 11.3. The number of hydrogen-bond donors (Lipinski definition) is 2. The molecule has 0 saturated carbocycles. The largest absolute Gasteiger partial charge is 0.507 e. The average Bonchev–Trinajstić information content (AvgIpc) is 2.41. The Bertz CT molecular complexity index is 574. The molecule has 3 rings (SSSR count). The minimum atomic E-state index is 0.224. The molecule has 0 radical (unpaired) electrons. The lowest BCUT2D eigenvalue weighted by Crippen LogP contribution is -2.06. The Morgan fingerprint density at radius 1 is 0.842 bits per heavy atom. The van der Waals surface area contributed by atoms with Crippen molar-refractivity contribution in [2.24, 2.45) is 0 Å². The van der Waals surface area contributed by atoms with Crippen molar-refractivity contribution in [3.8, 4) is 11.5 Å². The van der Waals surface area contributed by atoms with Crippen LogP contribution in [-0.2, 0) is 6.42 Å². The van der Waals surface area contributed by atoms with Crippen LogP contribution in [0.4, 0.5) is 0 Å². The summed E-state index contributed by atoms with van der Waals surface area (Å²) in [4.78, 5) is 0. The first-order valence-corrected chi connectivity index (χ1v) is 6.50. The van der Waals surface area contributed by atoms with Gasteiger partial charge in [0.15, 0.2) is 0 Å². The van der Waals surface area contributed by atoms with Crippen molar-refractivity contribution in [3.63, 3.8) is 0 Å². The lowest BCUT2D eigenvalue weighted by atomic mass is 9.82. The van der Waals surface area contributed by atoms with Crippen molar-refractivity contribution in [3.05, 3.63) is 65.2 Å². The van der Waals surface area contributed by atoms with Gasteiger partial charge in [-0.3, -0.25) is 0 Å². The van der Waals surface area contributed by atoms with E-state index in [1.54, 1.807) is 12.1 Å². The summed E-state index contributed by atoms with van der Waals surface area (Å²) in [6.07, 6.45) is 0.715. The summed E-state index contributed by atoms with van der Waals surface area (Å²) in [5.74, 6) is 0.447. The number of hydrogen-bond acceptors (Lipinski definition) is 2. The standard InChI is InChI=1S/C15H12O2.C2H6/c1-9-14-10(4-2-6-12(14)16)8-11-5-3-7-13(17)15(9)11;1-2/h2-7,16-17H,1,8H2;1-2H3. The van der Waals surface area contributed by atoms with E-state index in [1.807, 2.05) is 38.1 Å². The van der Waals surface area contributed by atoms with Crippen LogP contribution in [0.1, 0.15) is 36.1 Å². The highest BCUT2D eigenvalue weighted by atomic mass is 16.3. The van der Waals surface area contributed by atoms with E-state index in [1.165, 1.54) is 0 Å². The number of phenols is 2. The quantitative estimate of drug-likeness (QED) is 0.634. The van der Waals surface area contributed by atoms with Gasteiger partial charge in [-0.1, -0.05) is 44.7 Å². The Morgan fingerprint density at radius 3 is 1.68 bits per heavy atom. The molecule has 2 aromatic rings. The van der Waals surface area contributed by atoms with E-state index < -0.39 is 0 Å². The van der Waals surface area contributed by atoms with Gasteiger partial charge in [-0.15, -0.1) is 0 Å². The van der Waals surface area contributed by atoms with E-state index in [0.29, 0.717) is 12.0 Å². The molecule has 0 aromatic heterocycles. The predicted molar refractivity (Wildman–Crippen MR) is 78.5 cm³/mol. The molecule has 0 atom stereocenters. The minimum Gasteiger partial charge on any atom is -0.507 e. The monoisotopic (exact) mass is 254 g/mol. The summed E-state index contributed by atoms with van der Waals surface area (Å²) in [6, 6.07) is 10.9. The molecule has 0 aliphatic heterocycles. The fourth-order valence-corrected chi connectivity index (χ4v) is 2.49. The van der Waals surface area contributed by atoms with Gasteiger partial charge in [0.05, 0.1) is 0 Å². The summed E-state index contributed by atoms with van der Waals surface area (Å²) < 4.78 is 0. The molecule has 0 spiro atoms. The van der Waals surface area contributed by atoms with E-state index in [-0.39, 0.29) is 11.5 Å². The molecule has 2 aromatic carbocycles. The van der Waals surface area contributed by atoms with Gasteiger partial charge in [-0.25, -0.2) is 0 Å². The van der Waals surface area contributed by atoms with Gasteiger partial charge in [0.2, 0.25) is 0 Å². The molecule has 1 aliphatic carbocycles. The normalized spacial score (nSPS) is 12.0. The van der Waals surface area contributed by atoms with E-state index in [4.69, 9.17) is 0 Å². The summed E-state index contributed by atoms with van der Waals surface area (Å²) in [5, 5.41) is 19.8. The molecular formula is C17H18O2. The molecule has 2 N–H and O–H groups in total. The van der Waals surface area contributed by atoms with Crippen LogP contribution < -0.4 is 0 Å². The lowest BCUT2D eigenvalue weighted by molar-refractivity contribution is 0.469. The molecule has 2 heteroatoms. The average molecular weight is 254 g/mol. The topological polar surface area (TPSA) is 40.5 Å². The third-order valence-corrected chi connectivity index (χ3v) is 3.24. The SMILES string of the molecule is C=C1c2c(O)cccc2Cc2cccc(O)c21.CC. The van der Waals surface area contributed by atoms with Crippen molar-refractivity contribution < 1.29 is 10.2 Å². The van der Waals surface area contributed by atoms with E-state index in [2.05, 4.69) is 6.58 Å². The van der Waals surface area contributed by atoms with Crippen LogP contribution in [0.5, 0.6) is 11.5 Å². The van der Waals surface area contributed by atoms with Gasteiger partial charge < -0.3 is 10.2 Å². The van der Waals surface area contributed by atoms with Gasteiger partial charge in [0.1, 0.15) is 11.5 Å². The number of fused-ring (bicyclic) bond motifs is 2. The Hall–Kier alpha value is -2.22. The van der Waals surface area contributed by atoms with Crippen LogP contribution in [0.25, 0.3) is 5.57 Å². The van der Waals surface area contributed by atoms with Gasteiger partial charge in [0, 0.05) is 11.1 Å². The molecular weight excluding hydrogens is 236 g/mol. The van der Waals surface area contributed by atoms with Gasteiger partial charge in [-0.05, 0) is 35.3 Å². The second-order valence-corrected chi connectivity index (χ2v) is 4.28. The third-order valence-electron chi connectivity index (χ3n) is 3.24. The Balaban J connectivity index is 0.000000637. The Morgan fingerprint density at radius 2 is 1.26 bits per heavy atom. The summed E-state index contributed by atoms with van der Waals surface area (Å²) >= 11 is 0. The number of aromatic hydroxyl groups is 2. The maximum absolute atomic E-state index is 9.90. The van der Waals surface area contributed by atoms with Gasteiger partial charge >= 0.3 is 0 Å². The maximum atomic E-state index is 9.90. The van der Waals surface area contributed by atoms with Crippen LogP contribution in [0, 0.1) is 0 Å². The van der Waals surface area contributed by atoms with E-state index in [9.17, 15) is 10.2 Å². The molecule has 1 aliphatic rings. The molecule has 19 heavy (non-hydrogen) atoms. The highest BCUT2D eigenvalue weighted by molar-refractivity contribution is 5.89. The van der Waals surface area contributed by atoms with Crippen molar-refractivity contribution in [2.45, 2.75) is 20.3 Å². The fourth-order valence-electron chi connectivity index (χ4n) is 2.49. The molecule has 98 valence electrons. The molecule has 0 bridgehead atoms. The smallest absolute Gasteiger partial charge is 0.123 e. The van der Waals surface area contributed by atoms with Crippen molar-refractivity contribution >= 4 is 5.57 Å². The number of phenolic OH excluding ortho intramolecular Hbond substituents is 2. The Kier molecular flexibility index (Phi) is 3.61. The van der Waals surface area contributed by atoms with Crippen molar-refractivity contribution in [2.75, 3.05) is 0 Å². The second kappa shape index (κ2) is 5.19.